The summed E-state index contributed by atoms with van der Waals surface area (Å²) >= 11 is 3.48. The molecule has 0 saturated heterocycles. The second-order valence-electron chi connectivity index (χ2n) is 7.56. The van der Waals surface area contributed by atoms with Crippen LogP contribution in [0, 0.1) is 17.3 Å². The molecule has 2 fully saturated rings. The Kier molecular flexibility index (Phi) is 3.17. The quantitative estimate of drug-likeness (QED) is 0.729. The number of phenols is 1. The fourth-order valence-electron chi connectivity index (χ4n) is 5.55. The number of benzene rings is 1. The van der Waals surface area contributed by atoms with Gasteiger partial charge in [0.1, 0.15) is 5.75 Å². The first-order valence-corrected chi connectivity index (χ1v) is 8.99. The van der Waals surface area contributed by atoms with Crippen LogP contribution in [0.3, 0.4) is 0 Å². The van der Waals surface area contributed by atoms with E-state index in [0.717, 1.165) is 23.7 Å². The molecule has 1 aromatic rings. The van der Waals surface area contributed by atoms with Crippen LogP contribution in [-0.2, 0) is 6.42 Å². The van der Waals surface area contributed by atoms with Crippen LogP contribution >= 0.6 is 15.9 Å². The van der Waals surface area contributed by atoms with Gasteiger partial charge >= 0.3 is 0 Å². The lowest BCUT2D eigenvalue weighted by Crippen LogP contribution is -2.43. The van der Waals surface area contributed by atoms with Crippen molar-refractivity contribution in [3.05, 3.63) is 27.7 Å². The molecule has 5 atom stereocenters. The van der Waals surface area contributed by atoms with Crippen LogP contribution in [0.25, 0.3) is 0 Å². The van der Waals surface area contributed by atoms with E-state index in [1.807, 2.05) is 6.07 Å². The van der Waals surface area contributed by atoms with Crippen molar-refractivity contribution in [1.82, 2.24) is 0 Å². The third-order valence-electron chi connectivity index (χ3n) is 6.74. The Labute approximate surface area is 134 Å². The zero-order valence-corrected chi connectivity index (χ0v) is 14.1. The van der Waals surface area contributed by atoms with Crippen molar-refractivity contribution in [3.63, 3.8) is 0 Å². The lowest BCUT2D eigenvalue weighted by atomic mass is 9.55. The molecule has 3 aliphatic rings. The van der Waals surface area contributed by atoms with Gasteiger partial charge in [0, 0.05) is 0 Å². The summed E-state index contributed by atoms with van der Waals surface area (Å²) in [6, 6.07) is 4.10. The van der Waals surface area contributed by atoms with E-state index in [1.165, 1.54) is 30.4 Å². The van der Waals surface area contributed by atoms with Gasteiger partial charge in [-0.15, -0.1) is 0 Å². The first kappa shape index (κ1) is 14.1. The number of aromatic hydroxyl groups is 1. The molecule has 0 heterocycles. The van der Waals surface area contributed by atoms with Crippen molar-refractivity contribution in [3.8, 4) is 5.75 Å². The Bertz CT molecular complexity index is 585. The highest BCUT2D eigenvalue weighted by molar-refractivity contribution is 9.10. The highest BCUT2D eigenvalue weighted by atomic mass is 79.9. The Morgan fingerprint density at radius 1 is 1.19 bits per heavy atom. The van der Waals surface area contributed by atoms with E-state index < -0.39 is 0 Å². The van der Waals surface area contributed by atoms with Crippen LogP contribution in [0.4, 0.5) is 0 Å². The number of aryl methyl sites for hydroxylation is 1. The number of phenolic OH excluding ortho intramolecular Hbond substituents is 1. The van der Waals surface area contributed by atoms with Gasteiger partial charge in [0.25, 0.3) is 0 Å². The molecular formula is C18H23BrO2. The Balaban J connectivity index is 1.73. The van der Waals surface area contributed by atoms with Gasteiger partial charge in [-0.05, 0) is 101 Å². The molecule has 1 aromatic carbocycles. The predicted octanol–water partition coefficient (Wildman–Crippen LogP) is 4.37. The van der Waals surface area contributed by atoms with Crippen LogP contribution < -0.4 is 0 Å². The summed E-state index contributed by atoms with van der Waals surface area (Å²) in [5, 5.41) is 20.3. The van der Waals surface area contributed by atoms with Gasteiger partial charge in [-0.3, -0.25) is 0 Å². The van der Waals surface area contributed by atoms with Crippen LogP contribution in [0.5, 0.6) is 5.75 Å². The van der Waals surface area contributed by atoms with Crippen molar-refractivity contribution in [2.24, 2.45) is 17.3 Å². The van der Waals surface area contributed by atoms with Gasteiger partial charge in [0.05, 0.1) is 10.6 Å². The van der Waals surface area contributed by atoms with Crippen LogP contribution in [0.2, 0.25) is 0 Å². The van der Waals surface area contributed by atoms with Crippen molar-refractivity contribution in [1.29, 1.82) is 0 Å². The van der Waals surface area contributed by atoms with E-state index in [4.69, 9.17) is 0 Å². The lowest BCUT2D eigenvalue weighted by Gasteiger charge is -2.50. The maximum atomic E-state index is 10.4. The summed E-state index contributed by atoms with van der Waals surface area (Å²) in [6.45, 7) is 2.31. The maximum Gasteiger partial charge on any atom is 0.130 e. The number of halogens is 1. The fourth-order valence-corrected chi connectivity index (χ4v) is 5.91. The number of fused-ring (bicyclic) bond motifs is 5. The highest BCUT2D eigenvalue weighted by Crippen LogP contribution is 2.61. The van der Waals surface area contributed by atoms with E-state index in [1.54, 1.807) is 0 Å². The third kappa shape index (κ3) is 1.93. The topological polar surface area (TPSA) is 40.5 Å². The van der Waals surface area contributed by atoms with E-state index in [0.29, 0.717) is 23.5 Å². The van der Waals surface area contributed by atoms with Crippen LogP contribution in [-0.4, -0.2) is 16.3 Å². The zero-order valence-electron chi connectivity index (χ0n) is 12.5. The molecule has 2 saturated carbocycles. The van der Waals surface area contributed by atoms with Crippen molar-refractivity contribution in [2.75, 3.05) is 0 Å². The largest absolute Gasteiger partial charge is 0.507 e. The minimum absolute atomic E-state index is 0.101. The molecule has 0 aromatic heterocycles. The molecule has 3 heteroatoms. The second-order valence-corrected chi connectivity index (χ2v) is 8.41. The number of aliphatic hydroxyl groups excluding tert-OH is 1. The minimum Gasteiger partial charge on any atom is -0.507 e. The second kappa shape index (κ2) is 4.73. The highest BCUT2D eigenvalue weighted by Gasteiger charge is 2.54. The summed E-state index contributed by atoms with van der Waals surface area (Å²) in [7, 11) is 0. The molecule has 0 amide bonds. The van der Waals surface area contributed by atoms with Crippen molar-refractivity contribution in [2.45, 2.75) is 57.5 Å². The van der Waals surface area contributed by atoms with Gasteiger partial charge in [-0.1, -0.05) is 6.92 Å². The number of aliphatic hydroxyl groups is 1. The van der Waals surface area contributed by atoms with E-state index in [-0.39, 0.29) is 11.5 Å². The summed E-state index contributed by atoms with van der Waals surface area (Å²) in [5.74, 6) is 2.37. The molecule has 21 heavy (non-hydrogen) atoms. The molecular weight excluding hydrogens is 328 g/mol. The average Bonchev–Trinajstić information content (AvgIpc) is 2.76. The molecule has 0 spiro atoms. The third-order valence-corrected chi connectivity index (χ3v) is 7.38. The Hall–Kier alpha value is -0.540. The standard InChI is InChI=1S/C18H23BrO2/c1-18-7-6-11-12(14(18)4-5-17(18)21)3-2-10-8-16(20)15(19)9-13(10)11/h8-9,11-12,14,17,20-21H,2-7H2,1H3/t11-,12+,14-,17?,18-/m0/s1. The summed E-state index contributed by atoms with van der Waals surface area (Å²) in [6.07, 6.45) is 6.67. The number of hydrogen-bond donors (Lipinski definition) is 2. The molecule has 2 N–H and O–H groups in total. The van der Waals surface area contributed by atoms with Crippen molar-refractivity contribution >= 4 is 15.9 Å². The molecule has 0 bridgehead atoms. The predicted molar refractivity (Wildman–Crippen MR) is 86.4 cm³/mol. The van der Waals surface area contributed by atoms with E-state index in [2.05, 4.69) is 28.9 Å². The maximum absolute atomic E-state index is 10.4. The molecule has 0 aliphatic heterocycles. The first-order valence-electron chi connectivity index (χ1n) is 8.20. The lowest BCUT2D eigenvalue weighted by molar-refractivity contribution is -0.0226. The SMILES string of the molecule is C[C@]12CC[C@@H]3c4cc(Br)c(O)cc4CC[C@H]3[C@@H]1CCC2O. The van der Waals surface area contributed by atoms with Gasteiger partial charge < -0.3 is 10.2 Å². The Morgan fingerprint density at radius 2 is 2.00 bits per heavy atom. The van der Waals surface area contributed by atoms with E-state index >= 15 is 0 Å². The number of rotatable bonds is 0. The smallest absolute Gasteiger partial charge is 0.130 e. The monoisotopic (exact) mass is 350 g/mol. The van der Waals surface area contributed by atoms with Gasteiger partial charge in [-0.2, -0.15) is 0 Å². The summed E-state index contributed by atoms with van der Waals surface area (Å²) < 4.78 is 0.821. The molecule has 2 nitrogen and oxygen atoms in total. The minimum atomic E-state index is -0.101. The average molecular weight is 351 g/mol. The molecule has 1 unspecified atom stereocenters. The van der Waals surface area contributed by atoms with Crippen LogP contribution in [0.15, 0.2) is 16.6 Å². The first-order chi connectivity index (χ1) is 10.0. The summed E-state index contributed by atoms with van der Waals surface area (Å²) in [4.78, 5) is 0. The van der Waals surface area contributed by atoms with Gasteiger partial charge in [0.2, 0.25) is 0 Å². The normalized spacial score (nSPS) is 41.3. The number of hydrogen-bond acceptors (Lipinski definition) is 2. The van der Waals surface area contributed by atoms with E-state index in [9.17, 15) is 10.2 Å². The molecule has 3 aliphatic carbocycles. The van der Waals surface area contributed by atoms with Gasteiger partial charge in [-0.25, -0.2) is 0 Å². The van der Waals surface area contributed by atoms with Gasteiger partial charge in [0.15, 0.2) is 0 Å². The fraction of sp³-hybridized carbons (Fsp3) is 0.667. The van der Waals surface area contributed by atoms with Crippen LogP contribution in [0.1, 0.15) is 56.1 Å². The molecule has 114 valence electrons. The Morgan fingerprint density at radius 3 is 2.81 bits per heavy atom. The summed E-state index contributed by atoms with van der Waals surface area (Å²) in [5.41, 5.74) is 2.92. The zero-order chi connectivity index (χ0) is 14.8. The molecule has 0 radical (unpaired) electrons. The van der Waals surface area contributed by atoms with Crippen molar-refractivity contribution < 1.29 is 10.2 Å². The molecule has 4 rings (SSSR count).